The van der Waals surface area contributed by atoms with Gasteiger partial charge in [0.25, 0.3) is 0 Å². The Hall–Kier alpha value is -1.88. The van der Waals surface area contributed by atoms with Gasteiger partial charge >= 0.3 is 0 Å². The number of aromatic nitrogens is 1. The van der Waals surface area contributed by atoms with Crippen LogP contribution in [0.1, 0.15) is 0 Å². The van der Waals surface area contributed by atoms with Crippen molar-refractivity contribution in [2.75, 3.05) is 24.2 Å². The molecule has 2 aromatic rings. The van der Waals surface area contributed by atoms with Crippen LogP contribution in [0.15, 0.2) is 24.4 Å². The highest BCUT2D eigenvalue weighted by Gasteiger charge is 2.10. The largest absolute Gasteiger partial charge is 0.398 e. The number of hydrogen-bond donors (Lipinski definition) is 3. The second-order valence-corrected chi connectivity index (χ2v) is 3.37. The number of anilines is 2. The number of nitrogens with zero attached hydrogens (tertiary/aromatic N) is 1. The normalized spacial score (nSPS) is 10.6. The molecule has 0 spiro atoms. The first-order chi connectivity index (χ1) is 7.74. The zero-order valence-electron chi connectivity index (χ0n) is 8.57. The van der Waals surface area contributed by atoms with E-state index in [4.69, 9.17) is 10.8 Å². The third-order valence-corrected chi connectivity index (χ3v) is 2.29. The van der Waals surface area contributed by atoms with Crippen LogP contribution in [0.2, 0.25) is 0 Å². The van der Waals surface area contributed by atoms with E-state index in [9.17, 15) is 4.39 Å². The van der Waals surface area contributed by atoms with E-state index in [1.54, 1.807) is 18.3 Å². The maximum Gasteiger partial charge on any atom is 0.150 e. The highest BCUT2D eigenvalue weighted by atomic mass is 19.1. The molecule has 84 valence electrons. The lowest BCUT2D eigenvalue weighted by molar-refractivity contribution is 0.311. The number of rotatable bonds is 3. The topological polar surface area (TPSA) is 71.2 Å². The Morgan fingerprint density at radius 3 is 3.06 bits per heavy atom. The standard InChI is InChI=1S/C11H12FN3O/c12-8-6-9(13)7-2-1-3-14-10(7)11(8)15-4-5-16/h1-3,6,15-16H,4-5,13H2. The van der Waals surface area contributed by atoms with Crippen LogP contribution in [-0.4, -0.2) is 23.2 Å². The molecule has 1 aromatic carbocycles. The monoisotopic (exact) mass is 221 g/mol. The molecule has 0 fully saturated rings. The Labute approximate surface area is 91.9 Å². The van der Waals surface area contributed by atoms with Gasteiger partial charge in [0.2, 0.25) is 0 Å². The minimum absolute atomic E-state index is 0.0713. The van der Waals surface area contributed by atoms with E-state index in [2.05, 4.69) is 10.3 Å². The summed E-state index contributed by atoms with van der Waals surface area (Å²) in [7, 11) is 0. The van der Waals surface area contributed by atoms with Gasteiger partial charge in [-0.15, -0.1) is 0 Å². The number of benzene rings is 1. The molecule has 0 aliphatic heterocycles. The molecule has 0 amide bonds. The highest BCUT2D eigenvalue weighted by molar-refractivity contribution is 5.98. The number of halogens is 1. The molecule has 1 heterocycles. The molecular formula is C11H12FN3O. The third kappa shape index (κ3) is 1.77. The molecule has 2 rings (SSSR count). The van der Waals surface area contributed by atoms with Crippen molar-refractivity contribution in [1.29, 1.82) is 0 Å². The smallest absolute Gasteiger partial charge is 0.150 e. The fourth-order valence-electron chi connectivity index (χ4n) is 1.59. The van der Waals surface area contributed by atoms with Gasteiger partial charge in [-0.3, -0.25) is 4.98 Å². The number of nitrogens with one attached hydrogen (secondary N) is 1. The van der Waals surface area contributed by atoms with Crippen molar-refractivity contribution in [3.05, 3.63) is 30.2 Å². The van der Waals surface area contributed by atoms with Gasteiger partial charge in [0.05, 0.1) is 17.8 Å². The molecule has 0 atom stereocenters. The van der Waals surface area contributed by atoms with Crippen LogP contribution in [0.25, 0.3) is 10.9 Å². The van der Waals surface area contributed by atoms with Crippen molar-refractivity contribution in [3.8, 4) is 0 Å². The van der Waals surface area contributed by atoms with Gasteiger partial charge in [0.15, 0.2) is 5.82 Å². The first kappa shape index (κ1) is 10.6. The summed E-state index contributed by atoms with van der Waals surface area (Å²) in [6, 6.07) is 4.78. The molecule has 0 radical (unpaired) electrons. The predicted molar refractivity (Wildman–Crippen MR) is 61.7 cm³/mol. The lowest BCUT2D eigenvalue weighted by Gasteiger charge is -2.10. The Bertz CT molecular complexity index is 516. The quantitative estimate of drug-likeness (QED) is 0.684. The van der Waals surface area contributed by atoms with Gasteiger partial charge in [-0.25, -0.2) is 4.39 Å². The van der Waals surface area contributed by atoms with Gasteiger partial charge in [-0.05, 0) is 18.2 Å². The summed E-state index contributed by atoms with van der Waals surface area (Å²) in [6.45, 7) is 0.199. The summed E-state index contributed by atoms with van der Waals surface area (Å²) < 4.78 is 13.6. The maximum absolute atomic E-state index is 13.6. The number of nitrogens with two attached hydrogens (primary N) is 1. The Kier molecular flexibility index (Phi) is 2.87. The van der Waals surface area contributed by atoms with E-state index >= 15 is 0 Å². The molecule has 0 saturated heterocycles. The minimum Gasteiger partial charge on any atom is -0.398 e. The Morgan fingerprint density at radius 2 is 2.31 bits per heavy atom. The molecule has 0 aliphatic rings. The van der Waals surface area contributed by atoms with Crippen LogP contribution in [0.4, 0.5) is 15.8 Å². The number of pyridine rings is 1. The first-order valence-electron chi connectivity index (χ1n) is 4.91. The van der Waals surface area contributed by atoms with Crippen molar-refractivity contribution in [2.24, 2.45) is 0 Å². The zero-order valence-corrected chi connectivity index (χ0v) is 8.57. The molecule has 4 nitrogen and oxygen atoms in total. The van der Waals surface area contributed by atoms with Crippen molar-refractivity contribution in [1.82, 2.24) is 4.98 Å². The average Bonchev–Trinajstić information content (AvgIpc) is 2.29. The van der Waals surface area contributed by atoms with Crippen molar-refractivity contribution in [3.63, 3.8) is 0 Å². The third-order valence-electron chi connectivity index (χ3n) is 2.29. The molecule has 0 saturated carbocycles. The molecule has 0 bridgehead atoms. The molecule has 5 heteroatoms. The second kappa shape index (κ2) is 4.32. The molecule has 4 N–H and O–H groups in total. The Morgan fingerprint density at radius 1 is 1.50 bits per heavy atom. The highest BCUT2D eigenvalue weighted by Crippen LogP contribution is 2.29. The summed E-state index contributed by atoms with van der Waals surface area (Å²) in [6.07, 6.45) is 1.57. The van der Waals surface area contributed by atoms with Gasteiger partial charge in [-0.1, -0.05) is 0 Å². The van der Waals surface area contributed by atoms with E-state index in [1.165, 1.54) is 6.07 Å². The number of nitrogen functional groups attached to an aromatic ring is 1. The number of aliphatic hydroxyl groups excluding tert-OH is 1. The van der Waals surface area contributed by atoms with E-state index < -0.39 is 5.82 Å². The van der Waals surface area contributed by atoms with Crippen molar-refractivity contribution >= 4 is 22.3 Å². The van der Waals surface area contributed by atoms with Crippen LogP contribution < -0.4 is 11.1 Å². The van der Waals surface area contributed by atoms with Crippen LogP contribution in [-0.2, 0) is 0 Å². The lowest BCUT2D eigenvalue weighted by atomic mass is 10.1. The first-order valence-corrected chi connectivity index (χ1v) is 4.91. The number of fused-ring (bicyclic) bond motifs is 1. The molecule has 0 unspecified atom stereocenters. The minimum atomic E-state index is -0.461. The van der Waals surface area contributed by atoms with Gasteiger partial charge in [0, 0.05) is 23.8 Å². The zero-order chi connectivity index (χ0) is 11.5. The number of hydrogen-bond acceptors (Lipinski definition) is 4. The molecule has 16 heavy (non-hydrogen) atoms. The van der Waals surface area contributed by atoms with Gasteiger partial charge < -0.3 is 16.2 Å². The van der Waals surface area contributed by atoms with E-state index in [0.717, 1.165) is 0 Å². The lowest BCUT2D eigenvalue weighted by Crippen LogP contribution is -2.08. The average molecular weight is 221 g/mol. The summed E-state index contributed by atoms with van der Waals surface area (Å²) in [4.78, 5) is 4.09. The molecule has 0 aliphatic carbocycles. The van der Waals surface area contributed by atoms with Crippen molar-refractivity contribution < 1.29 is 9.50 Å². The number of aliphatic hydroxyl groups is 1. The van der Waals surface area contributed by atoms with E-state index in [0.29, 0.717) is 16.6 Å². The fourth-order valence-corrected chi connectivity index (χ4v) is 1.59. The van der Waals surface area contributed by atoms with Crippen LogP contribution >= 0.6 is 0 Å². The summed E-state index contributed by atoms with van der Waals surface area (Å²) in [5, 5.41) is 12.2. The molecular weight excluding hydrogens is 209 g/mol. The van der Waals surface area contributed by atoms with Crippen LogP contribution in [0.5, 0.6) is 0 Å². The fraction of sp³-hybridized carbons (Fsp3) is 0.182. The van der Waals surface area contributed by atoms with E-state index in [1.807, 2.05) is 0 Å². The summed E-state index contributed by atoms with van der Waals surface area (Å²) >= 11 is 0. The van der Waals surface area contributed by atoms with E-state index in [-0.39, 0.29) is 18.8 Å². The molecule has 1 aromatic heterocycles. The van der Waals surface area contributed by atoms with Gasteiger partial charge in [0.1, 0.15) is 0 Å². The van der Waals surface area contributed by atoms with Crippen LogP contribution in [0, 0.1) is 5.82 Å². The van der Waals surface area contributed by atoms with Crippen LogP contribution in [0.3, 0.4) is 0 Å². The Balaban J connectivity index is 2.61. The SMILES string of the molecule is Nc1cc(F)c(NCCO)c2ncccc12. The summed E-state index contributed by atoms with van der Waals surface area (Å²) in [5.74, 6) is -0.461. The van der Waals surface area contributed by atoms with Crippen molar-refractivity contribution in [2.45, 2.75) is 0 Å². The summed E-state index contributed by atoms with van der Waals surface area (Å²) in [5.41, 5.74) is 6.81. The predicted octanol–water partition coefficient (Wildman–Crippen LogP) is 1.36. The maximum atomic E-state index is 13.6. The second-order valence-electron chi connectivity index (χ2n) is 3.37. The van der Waals surface area contributed by atoms with Gasteiger partial charge in [-0.2, -0.15) is 0 Å².